The Bertz CT molecular complexity index is 1290. The van der Waals surface area contributed by atoms with Gasteiger partial charge in [-0.2, -0.15) is 0 Å². The Hall–Kier alpha value is -3.15. The van der Waals surface area contributed by atoms with Crippen molar-refractivity contribution in [1.29, 1.82) is 5.39 Å². The predicted molar refractivity (Wildman–Crippen MR) is 111 cm³/mol. The number of thiophene rings is 1. The standard InChI is InChI=1S/C20H12BrN3O3S/c1-27-14-8-2-11(3-9-14)16-10-15-19(28-16)18(25)17(23-22)20(26)24(15)13-6-4-12(21)5-7-13/h2-10H,1H3. The first kappa shape index (κ1) is 18.2. The number of rotatable bonds is 3. The first-order valence-corrected chi connectivity index (χ1v) is 9.79. The molecule has 0 spiro atoms. The van der Waals surface area contributed by atoms with Crippen LogP contribution in [0.25, 0.3) is 31.3 Å². The van der Waals surface area contributed by atoms with E-state index in [4.69, 9.17) is 4.74 Å². The lowest BCUT2D eigenvalue weighted by Crippen LogP contribution is -2.12. The van der Waals surface area contributed by atoms with E-state index in [2.05, 4.69) is 20.9 Å². The second-order valence-electron chi connectivity index (χ2n) is 5.95. The Labute approximate surface area is 172 Å². The van der Waals surface area contributed by atoms with Gasteiger partial charge in [-0.25, -0.2) is 0 Å². The second-order valence-corrected chi connectivity index (χ2v) is 7.92. The third-order valence-corrected chi connectivity index (χ3v) is 6.04. The Morgan fingerprint density at radius 3 is 2.43 bits per heavy atom. The van der Waals surface area contributed by atoms with Gasteiger partial charge < -0.3 is 14.4 Å². The van der Waals surface area contributed by atoms with Crippen LogP contribution in [0.4, 0.5) is 5.69 Å². The molecule has 4 aromatic rings. The van der Waals surface area contributed by atoms with Crippen LogP contribution in [0.2, 0.25) is 0 Å². The normalized spacial score (nSPS) is 10.8. The summed E-state index contributed by atoms with van der Waals surface area (Å²) >= 11 is 4.62. The summed E-state index contributed by atoms with van der Waals surface area (Å²) in [7, 11) is 1.59. The second kappa shape index (κ2) is 7.11. The van der Waals surface area contributed by atoms with Gasteiger partial charge in [-0.15, -0.1) is 11.3 Å². The summed E-state index contributed by atoms with van der Waals surface area (Å²) in [4.78, 5) is 16.5. The van der Waals surface area contributed by atoms with Crippen LogP contribution in [0.5, 0.6) is 11.6 Å². The van der Waals surface area contributed by atoms with Gasteiger partial charge in [0.15, 0.2) is 4.98 Å². The van der Waals surface area contributed by atoms with Crippen molar-refractivity contribution in [3.05, 3.63) is 74.3 Å². The van der Waals surface area contributed by atoms with Crippen molar-refractivity contribution < 1.29 is 9.84 Å². The molecule has 2 aromatic heterocycles. The van der Waals surface area contributed by atoms with Crippen LogP contribution in [0.15, 0.2) is 63.9 Å². The molecular formula is C20H12BrN3O3S. The third-order valence-electron chi connectivity index (χ3n) is 4.34. The summed E-state index contributed by atoms with van der Waals surface area (Å²) in [5.74, 6) is 0.0592. The molecule has 0 N–H and O–H groups in total. The molecule has 6 nitrogen and oxygen atoms in total. The lowest BCUT2D eigenvalue weighted by molar-refractivity contribution is -0.275. The lowest BCUT2D eigenvalue weighted by Gasteiger charge is -2.16. The fourth-order valence-corrected chi connectivity index (χ4v) is 4.32. The van der Waals surface area contributed by atoms with Crippen molar-refractivity contribution in [2.75, 3.05) is 7.11 Å². The van der Waals surface area contributed by atoms with Gasteiger partial charge in [-0.05, 0) is 60.2 Å². The molecule has 0 radical (unpaired) electrons. The van der Waals surface area contributed by atoms with Gasteiger partial charge in [0.2, 0.25) is 5.39 Å². The van der Waals surface area contributed by atoms with E-state index in [0.717, 1.165) is 20.7 Å². The number of fused-ring (bicyclic) bond motifs is 1. The van der Waals surface area contributed by atoms with E-state index in [-0.39, 0.29) is 0 Å². The van der Waals surface area contributed by atoms with Crippen molar-refractivity contribution in [3.63, 3.8) is 0 Å². The quantitative estimate of drug-likeness (QED) is 0.406. The predicted octanol–water partition coefficient (Wildman–Crippen LogP) is 5.05. The molecule has 0 aliphatic rings. The average Bonchev–Trinajstić information content (AvgIpc) is 3.15. The molecule has 2 aromatic carbocycles. The summed E-state index contributed by atoms with van der Waals surface area (Å²) in [6.07, 6.45) is 0. The number of ether oxygens (including phenoxy) is 1. The highest BCUT2D eigenvalue weighted by atomic mass is 79.9. The average molecular weight is 454 g/mol. The van der Waals surface area contributed by atoms with Crippen LogP contribution in [0, 0.1) is 5.39 Å². The van der Waals surface area contributed by atoms with Crippen molar-refractivity contribution in [1.82, 2.24) is 4.57 Å². The number of diazo groups is 1. The van der Waals surface area contributed by atoms with Gasteiger partial charge >= 0.3 is 5.69 Å². The van der Waals surface area contributed by atoms with Gasteiger partial charge in [-0.1, -0.05) is 15.9 Å². The van der Waals surface area contributed by atoms with E-state index in [1.54, 1.807) is 37.4 Å². The number of nitrogens with zero attached hydrogens (tertiary/aromatic N) is 3. The number of aromatic nitrogens is 1. The van der Waals surface area contributed by atoms with E-state index in [1.165, 1.54) is 15.9 Å². The Morgan fingerprint density at radius 1 is 1.14 bits per heavy atom. The molecule has 0 saturated carbocycles. The summed E-state index contributed by atoms with van der Waals surface area (Å²) < 4.78 is 7.78. The Morgan fingerprint density at radius 2 is 1.82 bits per heavy atom. The number of benzene rings is 2. The number of hydrogen-bond donors (Lipinski definition) is 0. The Balaban J connectivity index is 2.02. The van der Waals surface area contributed by atoms with Crippen molar-refractivity contribution in [2.45, 2.75) is 0 Å². The maximum Gasteiger partial charge on any atom is 0.442 e. The van der Waals surface area contributed by atoms with Gasteiger partial charge in [0.05, 0.1) is 18.5 Å². The molecule has 28 heavy (non-hydrogen) atoms. The van der Waals surface area contributed by atoms with Crippen LogP contribution in [-0.4, -0.2) is 11.7 Å². The SMILES string of the molecule is COc1ccc(-c2cc3c(s2)c(=O)c([N+]#N)c([O-])n3-c2ccc(Br)cc2)cc1. The summed E-state index contributed by atoms with van der Waals surface area (Å²) in [6.45, 7) is 0. The largest absolute Gasteiger partial charge is 0.854 e. The van der Waals surface area contributed by atoms with E-state index >= 15 is 0 Å². The number of methoxy groups -OCH3 is 1. The molecule has 0 aliphatic heterocycles. The van der Waals surface area contributed by atoms with Crippen LogP contribution in [0.3, 0.4) is 0 Å². The molecule has 0 unspecified atom stereocenters. The first-order chi connectivity index (χ1) is 13.5. The third kappa shape index (κ3) is 2.95. The molecule has 0 aliphatic carbocycles. The molecule has 0 saturated heterocycles. The van der Waals surface area contributed by atoms with Gasteiger partial charge in [0.1, 0.15) is 10.4 Å². The van der Waals surface area contributed by atoms with Crippen LogP contribution in [0.1, 0.15) is 0 Å². The van der Waals surface area contributed by atoms with Crippen LogP contribution in [-0.2, 0) is 0 Å². The summed E-state index contributed by atoms with van der Waals surface area (Å²) in [5, 5.41) is 22.1. The highest BCUT2D eigenvalue weighted by molar-refractivity contribution is 9.10. The molecule has 2 heterocycles. The smallest absolute Gasteiger partial charge is 0.442 e. The molecule has 138 valence electrons. The minimum absolute atomic E-state index is 0.348. The molecular weight excluding hydrogens is 442 g/mol. The molecule has 8 heteroatoms. The number of pyridine rings is 1. The lowest BCUT2D eigenvalue weighted by atomic mass is 10.1. The fraction of sp³-hybridized carbons (Fsp3) is 0.0500. The van der Waals surface area contributed by atoms with E-state index < -0.39 is 17.0 Å². The highest BCUT2D eigenvalue weighted by Crippen LogP contribution is 2.37. The number of halogens is 1. The van der Waals surface area contributed by atoms with Gasteiger partial charge in [-0.3, -0.25) is 4.79 Å². The topological polar surface area (TPSA) is 82.4 Å². The molecule has 0 amide bonds. The van der Waals surface area contributed by atoms with Crippen LogP contribution >= 0.6 is 27.3 Å². The zero-order valence-electron chi connectivity index (χ0n) is 14.5. The first-order valence-electron chi connectivity index (χ1n) is 8.18. The molecule has 4 rings (SSSR count). The molecule has 0 atom stereocenters. The summed E-state index contributed by atoms with van der Waals surface area (Å²) in [6, 6.07) is 16.3. The highest BCUT2D eigenvalue weighted by Gasteiger charge is 2.24. The molecule has 0 bridgehead atoms. The van der Waals surface area contributed by atoms with Crippen LogP contribution < -0.4 is 15.3 Å². The zero-order chi connectivity index (χ0) is 19.8. The van der Waals surface area contributed by atoms with Crippen molar-refractivity contribution in [2.24, 2.45) is 0 Å². The van der Waals surface area contributed by atoms with Crippen molar-refractivity contribution >= 4 is 43.2 Å². The minimum Gasteiger partial charge on any atom is -0.854 e. The van der Waals surface area contributed by atoms with E-state index in [9.17, 15) is 15.3 Å². The maximum atomic E-state index is 12.8. The van der Waals surface area contributed by atoms with E-state index in [0.29, 0.717) is 15.9 Å². The number of hydrogen-bond acceptors (Lipinski definition) is 5. The van der Waals surface area contributed by atoms with E-state index in [1.807, 2.05) is 24.3 Å². The maximum absolute atomic E-state index is 12.8. The zero-order valence-corrected chi connectivity index (χ0v) is 17.0. The monoisotopic (exact) mass is 453 g/mol. The minimum atomic E-state index is -0.665. The van der Waals surface area contributed by atoms with Gasteiger partial charge in [0.25, 0.3) is 5.43 Å². The fourth-order valence-electron chi connectivity index (χ4n) is 2.96. The van der Waals surface area contributed by atoms with Crippen molar-refractivity contribution in [3.8, 4) is 27.8 Å². The molecule has 0 fully saturated rings. The Kier molecular flexibility index (Phi) is 4.63. The summed E-state index contributed by atoms with van der Waals surface area (Å²) in [5.41, 5.74) is 0.848. The van der Waals surface area contributed by atoms with Gasteiger partial charge in [0, 0.05) is 15.0 Å².